The van der Waals surface area contributed by atoms with Crippen molar-refractivity contribution in [3.8, 4) is 5.00 Å². The highest BCUT2D eigenvalue weighted by molar-refractivity contribution is 7.17. The molecule has 0 saturated carbocycles. The number of Topliss-reactive ketones (excluding diaryl/α,β-unsaturated/α-hetero) is 1. The van der Waals surface area contributed by atoms with Crippen molar-refractivity contribution < 1.29 is 14.7 Å². The molecule has 0 radical (unpaired) electrons. The van der Waals surface area contributed by atoms with E-state index in [4.69, 9.17) is 16.3 Å². The Labute approximate surface area is 187 Å². The van der Waals surface area contributed by atoms with Gasteiger partial charge in [0.15, 0.2) is 12.2 Å². The summed E-state index contributed by atoms with van der Waals surface area (Å²) >= 11 is 7.44. The lowest BCUT2D eigenvalue weighted by Gasteiger charge is -2.04. The number of aliphatic carboxylic acids is 1. The number of aromatic nitrogens is 3. The summed E-state index contributed by atoms with van der Waals surface area (Å²) in [4.78, 5) is 25.2. The highest BCUT2D eigenvalue weighted by Gasteiger charge is 2.38. The van der Waals surface area contributed by atoms with E-state index >= 15 is 0 Å². The number of carbonyl (C=O) groups is 2. The highest BCUT2D eigenvalue weighted by Crippen LogP contribution is 2.36. The number of halogens is 1. The molecule has 1 aromatic carbocycles. The van der Waals surface area contributed by atoms with E-state index in [2.05, 4.69) is 10.2 Å². The standard InChI is InChI=1S/C22H19ClN4O3S/c1-10(2)19(30)20-11(3)17-18(13-5-7-14(23)8-6-13)24-15(9-16(28)29)21-26-25-12(4)27(21)22(17)31-20/h5-8,10H,9H2,1-4H3/p+1. The first-order valence-corrected chi connectivity index (χ1v) is 10.9. The summed E-state index contributed by atoms with van der Waals surface area (Å²) in [6.07, 6.45) is -0.305. The van der Waals surface area contributed by atoms with Gasteiger partial charge in [-0.1, -0.05) is 30.1 Å². The zero-order valence-electron chi connectivity index (χ0n) is 17.4. The maximum atomic E-state index is 12.9. The van der Waals surface area contributed by atoms with E-state index in [1.54, 1.807) is 23.6 Å². The number of ketones is 1. The predicted octanol–water partition coefficient (Wildman–Crippen LogP) is 3.62. The second-order valence-corrected chi connectivity index (χ2v) is 9.08. The van der Waals surface area contributed by atoms with Crippen molar-refractivity contribution in [2.75, 3.05) is 0 Å². The van der Waals surface area contributed by atoms with Gasteiger partial charge in [-0.2, -0.15) is 0 Å². The smallest absolute Gasteiger partial charge is 0.360 e. The Morgan fingerprint density at radius 2 is 1.87 bits per heavy atom. The minimum atomic E-state index is -1.01. The second-order valence-electron chi connectivity index (χ2n) is 7.65. The van der Waals surface area contributed by atoms with Crippen molar-refractivity contribution in [1.29, 1.82) is 0 Å². The average Bonchev–Trinajstić information content (AvgIpc) is 3.20. The fourth-order valence-corrected chi connectivity index (χ4v) is 5.12. The molecule has 9 heteroatoms. The number of rotatable bonds is 5. The number of nitrogens with zero attached hydrogens (tertiary/aromatic N) is 4. The molecule has 0 fully saturated rings. The summed E-state index contributed by atoms with van der Waals surface area (Å²) < 4.78 is 6.57. The number of fused-ring (bicyclic) bond motifs is 3. The summed E-state index contributed by atoms with van der Waals surface area (Å²) in [5.74, 6) is -0.161. The average molecular weight is 456 g/mol. The molecule has 0 amide bonds. The zero-order chi connectivity index (χ0) is 22.4. The number of hydrogen-bond donors (Lipinski definition) is 1. The van der Waals surface area contributed by atoms with Crippen LogP contribution in [-0.2, 0) is 4.79 Å². The third-order valence-electron chi connectivity index (χ3n) is 5.08. The van der Waals surface area contributed by atoms with Crippen molar-refractivity contribution >= 4 is 46.1 Å². The molecule has 158 valence electrons. The molecular weight excluding hydrogens is 436 g/mol. The molecule has 1 N–H and O–H groups in total. The van der Waals surface area contributed by atoms with Crippen LogP contribution in [0.5, 0.6) is 0 Å². The minimum Gasteiger partial charge on any atom is -0.481 e. The molecule has 0 aliphatic carbocycles. The quantitative estimate of drug-likeness (QED) is 0.468. The lowest BCUT2D eigenvalue weighted by Crippen LogP contribution is -2.17. The van der Waals surface area contributed by atoms with Gasteiger partial charge in [0.25, 0.3) is 0 Å². The van der Waals surface area contributed by atoms with Crippen molar-refractivity contribution in [3.05, 3.63) is 62.5 Å². The third kappa shape index (κ3) is 3.63. The fourth-order valence-electron chi connectivity index (χ4n) is 3.54. The number of benzene rings is 1. The number of thiophene rings is 1. The molecule has 7 nitrogen and oxygen atoms in total. The lowest BCUT2D eigenvalue weighted by atomic mass is 9.97. The Morgan fingerprint density at radius 1 is 1.19 bits per heavy atom. The predicted molar refractivity (Wildman–Crippen MR) is 121 cm³/mol. The Morgan fingerprint density at radius 3 is 2.48 bits per heavy atom. The SMILES string of the molecule is Cc1c(C(=O)C(C)C)sc2c1C(c1ccc(Cl)cc1)=[N+]=C(CC(=O)O)c1nnc(C)n1-2. The molecule has 0 bridgehead atoms. The largest absolute Gasteiger partial charge is 0.481 e. The van der Waals surface area contributed by atoms with E-state index in [1.165, 1.54) is 11.3 Å². The van der Waals surface area contributed by atoms with Crippen molar-refractivity contribution in [2.45, 2.75) is 34.1 Å². The van der Waals surface area contributed by atoms with Crippen molar-refractivity contribution in [3.63, 3.8) is 0 Å². The van der Waals surface area contributed by atoms with E-state index < -0.39 is 5.97 Å². The van der Waals surface area contributed by atoms with Gasteiger partial charge >= 0.3 is 17.4 Å². The van der Waals surface area contributed by atoms with Crippen LogP contribution >= 0.6 is 22.9 Å². The molecule has 31 heavy (non-hydrogen) atoms. The molecule has 1 aliphatic heterocycles. The van der Waals surface area contributed by atoms with Crippen LogP contribution in [0.2, 0.25) is 5.02 Å². The third-order valence-corrected chi connectivity index (χ3v) is 6.63. The first-order valence-electron chi connectivity index (χ1n) is 9.72. The van der Waals surface area contributed by atoms with Gasteiger partial charge in [-0.25, -0.2) is 0 Å². The van der Waals surface area contributed by atoms with E-state index in [1.807, 2.05) is 32.9 Å². The summed E-state index contributed by atoms with van der Waals surface area (Å²) in [5.41, 5.74) is 3.25. The fraction of sp³-hybridized carbons (Fsp3) is 0.273. The lowest BCUT2D eigenvalue weighted by molar-refractivity contribution is -0.135. The maximum absolute atomic E-state index is 12.9. The second kappa shape index (κ2) is 7.89. The van der Waals surface area contributed by atoms with Gasteiger partial charge in [0.1, 0.15) is 16.4 Å². The van der Waals surface area contributed by atoms with Crippen LogP contribution in [0.15, 0.2) is 24.3 Å². The van der Waals surface area contributed by atoms with Crippen LogP contribution < -0.4 is 4.67 Å². The van der Waals surface area contributed by atoms with Crippen LogP contribution in [0.4, 0.5) is 0 Å². The first kappa shape index (κ1) is 21.2. The molecule has 2 aromatic heterocycles. The molecule has 0 saturated heterocycles. The molecule has 1 aliphatic rings. The van der Waals surface area contributed by atoms with Gasteiger partial charge in [0.2, 0.25) is 5.82 Å². The topological polar surface area (TPSA) is 99.2 Å². The van der Waals surface area contributed by atoms with E-state index in [0.717, 1.165) is 21.7 Å². The number of carbonyl (C=O) groups excluding carboxylic acids is 1. The van der Waals surface area contributed by atoms with Gasteiger partial charge in [-0.05, 0) is 43.7 Å². The van der Waals surface area contributed by atoms with E-state index in [0.29, 0.717) is 33.0 Å². The van der Waals surface area contributed by atoms with E-state index in [9.17, 15) is 14.7 Å². The molecular formula is C22H20ClN4O3S+. The normalized spacial score (nSPS) is 12.7. The van der Waals surface area contributed by atoms with E-state index in [-0.39, 0.29) is 18.1 Å². The molecule has 0 unspecified atom stereocenters. The Bertz CT molecular complexity index is 1300. The number of aryl methyl sites for hydroxylation is 1. The molecule has 0 atom stereocenters. The number of carboxylic acids is 1. The summed E-state index contributed by atoms with van der Waals surface area (Å²) in [5, 5.41) is 19.2. The summed E-state index contributed by atoms with van der Waals surface area (Å²) in [7, 11) is 0. The molecule has 4 rings (SSSR count). The molecule has 3 aromatic rings. The van der Waals surface area contributed by atoms with Gasteiger partial charge < -0.3 is 5.11 Å². The maximum Gasteiger partial charge on any atom is 0.360 e. The Hall–Kier alpha value is -3.06. The van der Waals surface area contributed by atoms with Gasteiger partial charge in [0.05, 0.1) is 10.4 Å². The summed E-state index contributed by atoms with van der Waals surface area (Å²) in [6.45, 7) is 7.44. The van der Waals surface area contributed by atoms with Gasteiger partial charge in [-0.15, -0.1) is 21.5 Å². The summed E-state index contributed by atoms with van der Waals surface area (Å²) in [6, 6.07) is 7.19. The Balaban J connectivity index is 2.12. The molecule has 3 heterocycles. The first-order chi connectivity index (χ1) is 14.7. The van der Waals surface area contributed by atoms with Crippen molar-refractivity contribution in [2.24, 2.45) is 5.92 Å². The van der Waals surface area contributed by atoms with Crippen LogP contribution in [0.3, 0.4) is 0 Å². The van der Waals surface area contributed by atoms with Gasteiger partial charge in [-0.3, -0.25) is 14.2 Å². The van der Waals surface area contributed by atoms with Crippen LogP contribution in [0, 0.1) is 19.8 Å². The minimum absolute atomic E-state index is 0.0491. The van der Waals surface area contributed by atoms with Crippen LogP contribution in [0.25, 0.3) is 5.00 Å². The zero-order valence-corrected chi connectivity index (χ0v) is 19.0. The molecule has 0 spiro atoms. The van der Waals surface area contributed by atoms with Crippen molar-refractivity contribution in [1.82, 2.24) is 19.4 Å². The highest BCUT2D eigenvalue weighted by atomic mass is 35.5. The number of hydrogen-bond acceptors (Lipinski definition) is 5. The van der Waals surface area contributed by atoms with Gasteiger partial charge in [0, 0.05) is 10.9 Å². The monoisotopic (exact) mass is 455 g/mol. The van der Waals surface area contributed by atoms with Crippen LogP contribution in [0.1, 0.15) is 58.3 Å². The number of carboxylic acid groups (broad SMARTS) is 1. The Kier molecular flexibility index (Phi) is 5.39. The van der Waals surface area contributed by atoms with Crippen LogP contribution in [-0.4, -0.2) is 43.0 Å².